The highest BCUT2D eigenvalue weighted by Gasteiger charge is 2.15. The van der Waals surface area contributed by atoms with E-state index in [0.717, 1.165) is 26.5 Å². The van der Waals surface area contributed by atoms with E-state index >= 15 is 0 Å². The van der Waals surface area contributed by atoms with Crippen LogP contribution in [0.25, 0.3) is 10.9 Å². The Morgan fingerprint density at radius 2 is 1.85 bits per heavy atom. The van der Waals surface area contributed by atoms with Gasteiger partial charge in [0.05, 0.1) is 11.6 Å². The number of nitrogens with one attached hydrogen (secondary N) is 1. The molecule has 2 aromatic carbocycles. The summed E-state index contributed by atoms with van der Waals surface area (Å²) in [7, 11) is 0. The molecule has 0 aliphatic carbocycles. The normalized spacial score (nSPS) is 12.5. The molecule has 3 aromatic rings. The average molecular weight is 328 g/mol. The number of aromatic nitrogens is 1. The predicted octanol–water partition coefficient (Wildman–Crippen LogP) is 3.55. The van der Waals surface area contributed by atoms with E-state index in [9.17, 15) is 0 Å². The Morgan fingerprint density at radius 1 is 1.05 bits per heavy atom. The molecule has 20 heavy (non-hydrogen) atoms. The van der Waals surface area contributed by atoms with E-state index in [1.807, 2.05) is 24.3 Å². The lowest BCUT2D eigenvalue weighted by Gasteiger charge is -2.18. The highest BCUT2D eigenvalue weighted by Crippen LogP contribution is 2.28. The van der Waals surface area contributed by atoms with Gasteiger partial charge in [0.15, 0.2) is 0 Å². The molecule has 0 aliphatic heterocycles. The van der Waals surface area contributed by atoms with Gasteiger partial charge in [-0.3, -0.25) is 10.8 Å². The number of benzene rings is 2. The molecule has 0 amide bonds. The number of halogens is 1. The zero-order chi connectivity index (χ0) is 13.9. The van der Waals surface area contributed by atoms with Crippen molar-refractivity contribution in [2.75, 3.05) is 0 Å². The Balaban J connectivity index is 2.17. The molecule has 1 unspecified atom stereocenters. The lowest BCUT2D eigenvalue weighted by molar-refractivity contribution is 0.639. The van der Waals surface area contributed by atoms with Crippen molar-refractivity contribution in [1.82, 2.24) is 10.4 Å². The molecule has 0 saturated heterocycles. The van der Waals surface area contributed by atoms with Crippen molar-refractivity contribution >= 4 is 26.8 Å². The third kappa shape index (κ3) is 2.45. The van der Waals surface area contributed by atoms with Gasteiger partial charge >= 0.3 is 0 Å². The summed E-state index contributed by atoms with van der Waals surface area (Å²) >= 11 is 3.50. The van der Waals surface area contributed by atoms with Crippen LogP contribution in [0.1, 0.15) is 17.2 Å². The lowest BCUT2D eigenvalue weighted by Crippen LogP contribution is -2.29. The second-order valence-electron chi connectivity index (χ2n) is 4.58. The van der Waals surface area contributed by atoms with Gasteiger partial charge in [0.25, 0.3) is 0 Å². The van der Waals surface area contributed by atoms with Crippen LogP contribution in [0.5, 0.6) is 0 Å². The molecule has 0 saturated carbocycles. The molecule has 0 fully saturated rings. The monoisotopic (exact) mass is 327 g/mol. The summed E-state index contributed by atoms with van der Waals surface area (Å²) in [5.41, 5.74) is 6.03. The van der Waals surface area contributed by atoms with Crippen molar-refractivity contribution < 1.29 is 0 Å². The van der Waals surface area contributed by atoms with Gasteiger partial charge in [-0.05, 0) is 23.8 Å². The number of para-hydroxylation sites is 1. The van der Waals surface area contributed by atoms with Crippen LogP contribution >= 0.6 is 15.9 Å². The number of nitrogens with two attached hydrogens (primary N) is 1. The van der Waals surface area contributed by atoms with Crippen molar-refractivity contribution in [1.29, 1.82) is 0 Å². The van der Waals surface area contributed by atoms with Gasteiger partial charge in [-0.25, -0.2) is 5.43 Å². The minimum absolute atomic E-state index is 0.0916. The zero-order valence-electron chi connectivity index (χ0n) is 10.8. The number of fused-ring (bicyclic) bond motifs is 1. The molecule has 0 spiro atoms. The van der Waals surface area contributed by atoms with Crippen LogP contribution < -0.4 is 11.3 Å². The van der Waals surface area contributed by atoms with Crippen molar-refractivity contribution in [3.05, 3.63) is 76.4 Å². The van der Waals surface area contributed by atoms with Crippen LogP contribution in [-0.4, -0.2) is 4.98 Å². The Labute approximate surface area is 125 Å². The summed E-state index contributed by atoms with van der Waals surface area (Å²) in [6.45, 7) is 0. The number of hydrogen-bond acceptors (Lipinski definition) is 3. The van der Waals surface area contributed by atoms with Gasteiger partial charge in [0.1, 0.15) is 0 Å². The molecule has 0 aliphatic rings. The third-order valence-electron chi connectivity index (χ3n) is 3.32. The van der Waals surface area contributed by atoms with Crippen LogP contribution in [0.3, 0.4) is 0 Å². The number of nitrogens with zero attached hydrogens (tertiary/aromatic N) is 1. The first kappa shape index (κ1) is 13.2. The van der Waals surface area contributed by atoms with E-state index < -0.39 is 0 Å². The summed E-state index contributed by atoms with van der Waals surface area (Å²) in [6, 6.07) is 18.2. The van der Waals surface area contributed by atoms with Crippen molar-refractivity contribution in [3.63, 3.8) is 0 Å². The fourth-order valence-corrected chi connectivity index (χ4v) is 2.83. The summed E-state index contributed by atoms with van der Waals surface area (Å²) in [5.74, 6) is 5.78. The summed E-state index contributed by atoms with van der Waals surface area (Å²) in [4.78, 5) is 4.49. The highest BCUT2D eigenvalue weighted by atomic mass is 79.9. The topological polar surface area (TPSA) is 50.9 Å². The van der Waals surface area contributed by atoms with E-state index in [1.54, 1.807) is 6.20 Å². The first-order valence-corrected chi connectivity index (χ1v) is 7.14. The second kappa shape index (κ2) is 5.71. The fourth-order valence-electron chi connectivity index (χ4n) is 2.41. The van der Waals surface area contributed by atoms with E-state index in [-0.39, 0.29) is 6.04 Å². The summed E-state index contributed by atoms with van der Waals surface area (Å²) < 4.78 is 1.03. The van der Waals surface area contributed by atoms with Crippen molar-refractivity contribution in [2.45, 2.75) is 6.04 Å². The molecular formula is C16H14BrN3. The smallest absolute Gasteiger partial charge is 0.0753 e. The molecule has 3 N–H and O–H groups in total. The van der Waals surface area contributed by atoms with Gasteiger partial charge in [-0.1, -0.05) is 52.3 Å². The van der Waals surface area contributed by atoms with Crippen LogP contribution in [0.4, 0.5) is 0 Å². The van der Waals surface area contributed by atoms with Gasteiger partial charge in [0, 0.05) is 21.6 Å². The van der Waals surface area contributed by atoms with E-state index in [4.69, 9.17) is 5.84 Å². The number of hydrazine groups is 1. The van der Waals surface area contributed by atoms with Crippen LogP contribution in [-0.2, 0) is 0 Å². The Morgan fingerprint density at radius 3 is 2.65 bits per heavy atom. The molecule has 1 atom stereocenters. The second-order valence-corrected chi connectivity index (χ2v) is 5.49. The Kier molecular flexibility index (Phi) is 3.78. The van der Waals surface area contributed by atoms with Gasteiger partial charge in [-0.2, -0.15) is 0 Å². The Bertz CT molecular complexity index is 737. The van der Waals surface area contributed by atoms with Gasteiger partial charge in [0.2, 0.25) is 0 Å². The molecule has 4 heteroatoms. The van der Waals surface area contributed by atoms with Crippen LogP contribution in [0, 0.1) is 0 Å². The minimum Gasteiger partial charge on any atom is -0.271 e. The fraction of sp³-hybridized carbons (Fsp3) is 0.0625. The van der Waals surface area contributed by atoms with Crippen molar-refractivity contribution in [2.24, 2.45) is 5.84 Å². The molecule has 100 valence electrons. The quantitative estimate of drug-likeness (QED) is 0.571. The highest BCUT2D eigenvalue weighted by molar-refractivity contribution is 9.10. The summed E-state index contributed by atoms with van der Waals surface area (Å²) in [5, 5.41) is 1.11. The predicted molar refractivity (Wildman–Crippen MR) is 85.1 cm³/mol. The molecule has 1 aromatic heterocycles. The average Bonchev–Trinajstić information content (AvgIpc) is 2.48. The van der Waals surface area contributed by atoms with Gasteiger partial charge in [-0.15, -0.1) is 0 Å². The lowest BCUT2D eigenvalue weighted by atomic mass is 9.97. The summed E-state index contributed by atoms with van der Waals surface area (Å²) in [6.07, 6.45) is 1.81. The number of rotatable bonds is 3. The number of pyridine rings is 1. The zero-order valence-corrected chi connectivity index (χ0v) is 12.3. The minimum atomic E-state index is -0.0916. The molecule has 0 radical (unpaired) electrons. The molecule has 3 rings (SSSR count). The maximum absolute atomic E-state index is 5.78. The van der Waals surface area contributed by atoms with E-state index in [1.165, 1.54) is 0 Å². The Hall–Kier alpha value is -1.75. The van der Waals surface area contributed by atoms with Crippen molar-refractivity contribution in [3.8, 4) is 0 Å². The first-order chi connectivity index (χ1) is 9.79. The molecule has 3 nitrogen and oxygen atoms in total. The van der Waals surface area contributed by atoms with Crippen LogP contribution in [0.2, 0.25) is 0 Å². The first-order valence-electron chi connectivity index (χ1n) is 6.35. The third-order valence-corrected chi connectivity index (χ3v) is 3.82. The largest absolute Gasteiger partial charge is 0.271 e. The molecule has 1 heterocycles. The standard InChI is InChI=1S/C16H14BrN3/c17-13-7-1-5-12(10-13)16(20-18)14-8-2-4-11-6-3-9-19-15(11)14/h1-10,16,20H,18H2. The molecular weight excluding hydrogens is 314 g/mol. The molecule has 0 bridgehead atoms. The SMILES string of the molecule is NNC(c1cccc(Br)c1)c1cccc2cccnc12. The van der Waals surface area contributed by atoms with Crippen LogP contribution in [0.15, 0.2) is 65.3 Å². The maximum Gasteiger partial charge on any atom is 0.0753 e. The van der Waals surface area contributed by atoms with E-state index in [2.05, 4.69) is 56.7 Å². The number of hydrogen-bond donors (Lipinski definition) is 2. The van der Waals surface area contributed by atoms with E-state index in [0.29, 0.717) is 0 Å². The maximum atomic E-state index is 5.78. The van der Waals surface area contributed by atoms with Gasteiger partial charge < -0.3 is 0 Å².